The number of nitrogens with zero attached hydrogens (tertiary/aromatic N) is 1. The Morgan fingerprint density at radius 3 is 2.43 bits per heavy atom. The fourth-order valence-electron chi connectivity index (χ4n) is 2.56. The second-order valence-corrected chi connectivity index (χ2v) is 5.44. The molecule has 0 saturated carbocycles. The fourth-order valence-corrected chi connectivity index (χ4v) is 2.56. The summed E-state index contributed by atoms with van der Waals surface area (Å²) in [7, 11) is 0. The zero-order valence-corrected chi connectivity index (χ0v) is 13.6. The average molecular weight is 289 g/mol. The van der Waals surface area contributed by atoms with E-state index in [0.29, 0.717) is 0 Å². The maximum absolute atomic E-state index is 10.6. The van der Waals surface area contributed by atoms with E-state index in [9.17, 15) is 4.79 Å². The Labute approximate surface area is 128 Å². The van der Waals surface area contributed by atoms with Crippen molar-refractivity contribution in [1.82, 2.24) is 0 Å². The molecule has 0 spiro atoms. The normalized spacial score (nSPS) is 11.3. The van der Waals surface area contributed by atoms with Crippen LogP contribution in [0.1, 0.15) is 44.7 Å². The number of aryl methyl sites for hydroxylation is 1. The van der Waals surface area contributed by atoms with Crippen LogP contribution in [0, 0.1) is 12.8 Å². The SMILES string of the molecule is CCC(CC)CN(CC)c1ccc(C=CC(=O)O)cc1C. The molecular formula is C18H27NO2. The van der Waals surface area contributed by atoms with Crippen LogP contribution in [0.4, 0.5) is 5.69 Å². The minimum atomic E-state index is -0.916. The van der Waals surface area contributed by atoms with Crippen molar-refractivity contribution in [2.75, 3.05) is 18.0 Å². The van der Waals surface area contributed by atoms with Gasteiger partial charge in [0.2, 0.25) is 0 Å². The maximum Gasteiger partial charge on any atom is 0.328 e. The van der Waals surface area contributed by atoms with E-state index in [1.807, 2.05) is 12.1 Å². The summed E-state index contributed by atoms with van der Waals surface area (Å²) < 4.78 is 0. The summed E-state index contributed by atoms with van der Waals surface area (Å²) in [5, 5.41) is 8.68. The maximum atomic E-state index is 10.6. The summed E-state index contributed by atoms with van der Waals surface area (Å²) in [5.74, 6) is -0.198. The Morgan fingerprint density at radius 1 is 1.29 bits per heavy atom. The van der Waals surface area contributed by atoms with Gasteiger partial charge in [-0.25, -0.2) is 4.79 Å². The highest BCUT2D eigenvalue weighted by atomic mass is 16.4. The largest absolute Gasteiger partial charge is 0.478 e. The second-order valence-electron chi connectivity index (χ2n) is 5.44. The minimum Gasteiger partial charge on any atom is -0.478 e. The standard InChI is InChI=1S/C18H27NO2/c1-5-15(6-2)13-19(7-3)17-10-8-16(12-14(17)4)9-11-18(20)21/h8-12,15H,5-7,13H2,1-4H3,(H,20,21). The van der Waals surface area contributed by atoms with E-state index in [4.69, 9.17) is 5.11 Å². The predicted molar refractivity (Wildman–Crippen MR) is 89.8 cm³/mol. The van der Waals surface area contributed by atoms with Crippen LogP contribution in [0.5, 0.6) is 0 Å². The van der Waals surface area contributed by atoms with Crippen molar-refractivity contribution < 1.29 is 9.90 Å². The molecule has 1 aromatic rings. The minimum absolute atomic E-state index is 0.718. The number of rotatable bonds is 8. The van der Waals surface area contributed by atoms with Gasteiger partial charge < -0.3 is 10.0 Å². The summed E-state index contributed by atoms with van der Waals surface area (Å²) >= 11 is 0. The van der Waals surface area contributed by atoms with Gasteiger partial charge in [0.1, 0.15) is 0 Å². The first-order chi connectivity index (χ1) is 10.0. The lowest BCUT2D eigenvalue weighted by Gasteiger charge is -2.29. The van der Waals surface area contributed by atoms with Gasteiger partial charge in [0.05, 0.1) is 0 Å². The smallest absolute Gasteiger partial charge is 0.328 e. The van der Waals surface area contributed by atoms with Gasteiger partial charge in [-0.05, 0) is 49.1 Å². The lowest BCUT2D eigenvalue weighted by molar-refractivity contribution is -0.131. The van der Waals surface area contributed by atoms with Crippen molar-refractivity contribution in [2.24, 2.45) is 5.92 Å². The number of carboxylic acids is 1. The third-order valence-electron chi connectivity index (χ3n) is 3.99. The lowest BCUT2D eigenvalue weighted by atomic mass is 10.0. The number of benzene rings is 1. The van der Waals surface area contributed by atoms with Gasteiger partial charge in [0.15, 0.2) is 0 Å². The number of aliphatic carboxylic acids is 1. The van der Waals surface area contributed by atoms with Gasteiger partial charge in [-0.15, -0.1) is 0 Å². The molecule has 0 bridgehead atoms. The molecule has 0 aromatic heterocycles. The molecule has 21 heavy (non-hydrogen) atoms. The number of hydrogen-bond donors (Lipinski definition) is 1. The van der Waals surface area contributed by atoms with Gasteiger partial charge >= 0.3 is 5.97 Å². The molecule has 1 N–H and O–H groups in total. The molecule has 0 aliphatic carbocycles. The predicted octanol–water partition coefficient (Wildman–Crippen LogP) is 4.36. The Bertz CT molecular complexity index is 490. The molecule has 3 heteroatoms. The van der Waals surface area contributed by atoms with E-state index in [-0.39, 0.29) is 0 Å². The summed E-state index contributed by atoms with van der Waals surface area (Å²) in [5.41, 5.74) is 3.37. The Hall–Kier alpha value is -1.77. The van der Waals surface area contributed by atoms with Crippen molar-refractivity contribution in [3.63, 3.8) is 0 Å². The van der Waals surface area contributed by atoms with Gasteiger partial charge in [-0.1, -0.05) is 32.8 Å². The Kier molecular flexibility index (Phi) is 7.00. The molecule has 0 unspecified atom stereocenters. The van der Waals surface area contributed by atoms with Crippen LogP contribution in [0.25, 0.3) is 6.08 Å². The molecule has 0 radical (unpaired) electrons. The molecule has 116 valence electrons. The monoisotopic (exact) mass is 289 g/mol. The number of anilines is 1. The summed E-state index contributed by atoms with van der Waals surface area (Å²) in [6, 6.07) is 6.13. The number of hydrogen-bond acceptors (Lipinski definition) is 2. The highest BCUT2D eigenvalue weighted by Gasteiger charge is 2.12. The van der Waals surface area contributed by atoms with E-state index in [0.717, 1.165) is 24.6 Å². The van der Waals surface area contributed by atoms with Gasteiger partial charge in [0.25, 0.3) is 0 Å². The van der Waals surface area contributed by atoms with Crippen molar-refractivity contribution in [2.45, 2.75) is 40.5 Å². The van der Waals surface area contributed by atoms with Crippen LogP contribution in [-0.4, -0.2) is 24.2 Å². The quantitative estimate of drug-likeness (QED) is 0.723. The second kappa shape index (κ2) is 8.50. The zero-order valence-electron chi connectivity index (χ0n) is 13.6. The summed E-state index contributed by atoms with van der Waals surface area (Å²) in [6.45, 7) is 10.8. The molecule has 3 nitrogen and oxygen atoms in total. The third kappa shape index (κ3) is 5.25. The van der Waals surface area contributed by atoms with Crippen LogP contribution in [-0.2, 0) is 4.79 Å². The van der Waals surface area contributed by atoms with Crippen LogP contribution in [0.15, 0.2) is 24.3 Å². The highest BCUT2D eigenvalue weighted by Crippen LogP contribution is 2.24. The fraction of sp³-hybridized carbons (Fsp3) is 0.500. The van der Waals surface area contributed by atoms with Gasteiger partial charge in [0, 0.05) is 24.9 Å². The topological polar surface area (TPSA) is 40.5 Å². The number of carbonyl (C=O) groups is 1. The van der Waals surface area contributed by atoms with E-state index >= 15 is 0 Å². The molecule has 0 fully saturated rings. The molecule has 0 heterocycles. The third-order valence-corrected chi connectivity index (χ3v) is 3.99. The van der Waals surface area contributed by atoms with E-state index < -0.39 is 5.97 Å². The molecular weight excluding hydrogens is 262 g/mol. The lowest BCUT2D eigenvalue weighted by Crippen LogP contribution is -2.29. The summed E-state index contributed by atoms with van der Waals surface area (Å²) in [4.78, 5) is 13.0. The van der Waals surface area contributed by atoms with E-state index in [1.165, 1.54) is 30.2 Å². The van der Waals surface area contributed by atoms with Crippen LogP contribution in [0.3, 0.4) is 0 Å². The van der Waals surface area contributed by atoms with Crippen LogP contribution >= 0.6 is 0 Å². The van der Waals surface area contributed by atoms with Gasteiger partial charge in [-0.3, -0.25) is 0 Å². The molecule has 0 atom stereocenters. The van der Waals surface area contributed by atoms with E-state index in [1.54, 1.807) is 6.08 Å². The first kappa shape index (κ1) is 17.3. The van der Waals surface area contributed by atoms with Crippen LogP contribution in [0.2, 0.25) is 0 Å². The molecule has 0 aliphatic rings. The Morgan fingerprint density at radius 2 is 1.95 bits per heavy atom. The molecule has 0 aliphatic heterocycles. The first-order valence-electron chi connectivity index (χ1n) is 7.78. The zero-order chi connectivity index (χ0) is 15.8. The Balaban J connectivity index is 2.93. The van der Waals surface area contributed by atoms with E-state index in [2.05, 4.69) is 38.7 Å². The molecule has 0 amide bonds. The number of carboxylic acid groups (broad SMARTS) is 1. The molecule has 1 rings (SSSR count). The molecule has 1 aromatic carbocycles. The summed E-state index contributed by atoms with van der Waals surface area (Å²) in [6.07, 6.45) is 5.21. The molecule has 0 saturated heterocycles. The van der Waals surface area contributed by atoms with Crippen molar-refractivity contribution in [1.29, 1.82) is 0 Å². The average Bonchev–Trinajstić information content (AvgIpc) is 2.47. The van der Waals surface area contributed by atoms with Crippen molar-refractivity contribution in [3.8, 4) is 0 Å². The van der Waals surface area contributed by atoms with Crippen molar-refractivity contribution >= 4 is 17.7 Å². The first-order valence-corrected chi connectivity index (χ1v) is 7.78. The van der Waals surface area contributed by atoms with Crippen molar-refractivity contribution in [3.05, 3.63) is 35.4 Å². The highest BCUT2D eigenvalue weighted by molar-refractivity contribution is 5.85. The van der Waals surface area contributed by atoms with Gasteiger partial charge in [-0.2, -0.15) is 0 Å². The van der Waals surface area contributed by atoms with Crippen LogP contribution < -0.4 is 4.90 Å².